The Bertz CT molecular complexity index is 1050. The van der Waals surface area contributed by atoms with Crippen molar-refractivity contribution >= 4 is 56.5 Å². The fourth-order valence-corrected chi connectivity index (χ4v) is 3.26. The zero-order valence-corrected chi connectivity index (χ0v) is 16.8. The van der Waals surface area contributed by atoms with E-state index in [1.807, 2.05) is 0 Å². The van der Waals surface area contributed by atoms with Crippen LogP contribution in [0.5, 0.6) is 0 Å². The number of aromatic nitrogens is 4. The maximum atomic E-state index is 12.5. The quantitative estimate of drug-likeness (QED) is 0.446. The first-order valence-electron chi connectivity index (χ1n) is 7.41. The average Bonchev–Trinajstić information content (AvgIpc) is 3.13. The highest BCUT2D eigenvalue weighted by molar-refractivity contribution is 9.10. The first-order chi connectivity index (χ1) is 12.8. The molecule has 1 amide bonds. The molecule has 0 bridgehead atoms. The Morgan fingerprint density at radius 3 is 2.81 bits per heavy atom. The lowest BCUT2D eigenvalue weighted by molar-refractivity contribution is -0.385. The molecular formula is C15H11BrCl2N6O3. The number of carbonyl (C=O) groups is 1. The van der Waals surface area contributed by atoms with Crippen LogP contribution in [0.1, 0.15) is 16.1 Å². The van der Waals surface area contributed by atoms with Gasteiger partial charge in [-0.2, -0.15) is 10.2 Å². The lowest BCUT2D eigenvalue weighted by Gasteiger charge is -2.05. The van der Waals surface area contributed by atoms with Gasteiger partial charge in [0.15, 0.2) is 5.82 Å². The van der Waals surface area contributed by atoms with Crippen LogP contribution in [0.4, 0.5) is 11.5 Å². The van der Waals surface area contributed by atoms with E-state index in [4.69, 9.17) is 23.2 Å². The second-order valence-corrected chi connectivity index (χ2v) is 7.17. The number of hydrogen-bond donors (Lipinski definition) is 1. The highest BCUT2D eigenvalue weighted by Gasteiger charge is 2.26. The van der Waals surface area contributed by atoms with E-state index < -0.39 is 16.5 Å². The van der Waals surface area contributed by atoms with Crippen molar-refractivity contribution in [3.05, 3.63) is 66.5 Å². The normalized spacial score (nSPS) is 10.8. The van der Waals surface area contributed by atoms with Crippen molar-refractivity contribution in [1.29, 1.82) is 0 Å². The molecule has 27 heavy (non-hydrogen) atoms. The highest BCUT2D eigenvalue weighted by Crippen LogP contribution is 2.26. The molecule has 0 aliphatic carbocycles. The average molecular weight is 474 g/mol. The SMILES string of the molecule is Cn1ncc([N+](=O)[O-])c1C(=O)Nc1nn(Cc2ccc(Cl)cc2Cl)cc1Br. The van der Waals surface area contributed by atoms with Gasteiger partial charge in [0, 0.05) is 23.3 Å². The summed E-state index contributed by atoms with van der Waals surface area (Å²) in [5.74, 6) is -0.488. The monoisotopic (exact) mass is 472 g/mol. The molecule has 0 aliphatic rings. The van der Waals surface area contributed by atoms with Gasteiger partial charge in [-0.1, -0.05) is 29.3 Å². The van der Waals surface area contributed by atoms with E-state index in [1.54, 1.807) is 29.1 Å². The fraction of sp³-hybridized carbons (Fsp3) is 0.133. The summed E-state index contributed by atoms with van der Waals surface area (Å²) in [5.41, 5.74) is 0.219. The zero-order valence-electron chi connectivity index (χ0n) is 13.7. The summed E-state index contributed by atoms with van der Waals surface area (Å²) in [6.07, 6.45) is 2.67. The molecule has 0 atom stereocenters. The topological polar surface area (TPSA) is 108 Å². The summed E-state index contributed by atoms with van der Waals surface area (Å²) in [4.78, 5) is 22.8. The Kier molecular flexibility index (Phi) is 5.49. The summed E-state index contributed by atoms with van der Waals surface area (Å²) in [6.45, 7) is 0.344. The molecular weight excluding hydrogens is 463 g/mol. The van der Waals surface area contributed by atoms with Gasteiger partial charge in [0.2, 0.25) is 5.69 Å². The summed E-state index contributed by atoms with van der Waals surface area (Å²) >= 11 is 15.4. The van der Waals surface area contributed by atoms with E-state index in [9.17, 15) is 14.9 Å². The number of hydrogen-bond acceptors (Lipinski definition) is 5. The number of nitrogens with one attached hydrogen (secondary N) is 1. The largest absolute Gasteiger partial charge is 0.320 e. The number of halogens is 3. The minimum absolute atomic E-state index is 0.179. The standard InChI is InChI=1S/C15H11BrCl2N6O3/c1-22-13(12(5-19-22)24(26)27)15(25)20-14-10(16)7-23(21-14)6-8-2-3-9(17)4-11(8)18/h2-5,7H,6H2,1H3,(H,20,21,25). The number of nitrogens with zero attached hydrogens (tertiary/aromatic N) is 5. The second kappa shape index (κ2) is 7.67. The first-order valence-corrected chi connectivity index (χ1v) is 8.95. The van der Waals surface area contributed by atoms with Crippen LogP contribution >= 0.6 is 39.1 Å². The van der Waals surface area contributed by atoms with Gasteiger partial charge in [0.1, 0.15) is 6.20 Å². The molecule has 1 N–H and O–H groups in total. The lowest BCUT2D eigenvalue weighted by Crippen LogP contribution is -2.18. The molecule has 0 aliphatic heterocycles. The third kappa shape index (κ3) is 4.12. The van der Waals surface area contributed by atoms with Gasteiger partial charge in [-0.3, -0.25) is 24.3 Å². The Balaban J connectivity index is 1.82. The van der Waals surface area contributed by atoms with Crippen LogP contribution < -0.4 is 5.32 Å². The van der Waals surface area contributed by atoms with Gasteiger partial charge in [-0.05, 0) is 33.6 Å². The van der Waals surface area contributed by atoms with Crippen molar-refractivity contribution in [2.45, 2.75) is 6.54 Å². The number of rotatable bonds is 5. The van der Waals surface area contributed by atoms with Gasteiger partial charge in [0.05, 0.1) is 15.9 Å². The molecule has 0 saturated heterocycles. The maximum Gasteiger partial charge on any atom is 0.320 e. The molecule has 3 aromatic rings. The molecule has 0 unspecified atom stereocenters. The maximum absolute atomic E-state index is 12.5. The molecule has 9 nitrogen and oxygen atoms in total. The van der Waals surface area contributed by atoms with Crippen LogP contribution in [0.15, 0.2) is 35.1 Å². The summed E-state index contributed by atoms with van der Waals surface area (Å²) in [6, 6.07) is 5.12. The molecule has 0 radical (unpaired) electrons. The number of aryl methyl sites for hydroxylation is 1. The van der Waals surface area contributed by atoms with Crippen molar-refractivity contribution in [3.63, 3.8) is 0 Å². The van der Waals surface area contributed by atoms with E-state index in [1.165, 1.54) is 7.05 Å². The molecule has 0 fully saturated rings. The molecule has 12 heteroatoms. The van der Waals surface area contributed by atoms with E-state index in [2.05, 4.69) is 31.4 Å². The molecule has 1 aromatic carbocycles. The minimum atomic E-state index is -0.697. The van der Waals surface area contributed by atoms with E-state index in [-0.39, 0.29) is 11.5 Å². The molecule has 140 valence electrons. The predicted molar refractivity (Wildman–Crippen MR) is 103 cm³/mol. The number of nitro groups is 1. The van der Waals surface area contributed by atoms with Gasteiger partial charge in [0.25, 0.3) is 5.91 Å². The van der Waals surface area contributed by atoms with Crippen molar-refractivity contribution in [1.82, 2.24) is 19.6 Å². The van der Waals surface area contributed by atoms with Gasteiger partial charge in [-0.25, -0.2) is 0 Å². The molecule has 2 heterocycles. The Hall–Kier alpha value is -2.43. The third-order valence-corrected chi connectivity index (χ3v) is 4.79. The van der Waals surface area contributed by atoms with Gasteiger partial charge in [-0.15, -0.1) is 0 Å². The molecule has 2 aromatic heterocycles. The summed E-state index contributed by atoms with van der Waals surface area (Å²) < 4.78 is 3.20. The molecule has 0 saturated carbocycles. The second-order valence-electron chi connectivity index (χ2n) is 5.47. The number of benzene rings is 1. The van der Waals surface area contributed by atoms with Crippen molar-refractivity contribution < 1.29 is 9.72 Å². The fourth-order valence-electron chi connectivity index (χ4n) is 2.38. The van der Waals surface area contributed by atoms with E-state index in [0.29, 0.717) is 21.1 Å². The van der Waals surface area contributed by atoms with Gasteiger partial charge >= 0.3 is 5.69 Å². The number of carbonyl (C=O) groups excluding carboxylic acids is 1. The lowest BCUT2D eigenvalue weighted by atomic mass is 10.2. The predicted octanol–water partition coefficient (Wildman–Crippen LogP) is 3.89. The van der Waals surface area contributed by atoms with Crippen LogP contribution in [-0.2, 0) is 13.6 Å². The molecule has 0 spiro atoms. The summed E-state index contributed by atoms with van der Waals surface area (Å²) in [5, 5.41) is 22.6. The van der Waals surface area contributed by atoms with Crippen LogP contribution in [0, 0.1) is 10.1 Å². The van der Waals surface area contributed by atoms with E-state index >= 15 is 0 Å². The van der Waals surface area contributed by atoms with Crippen LogP contribution in [0.3, 0.4) is 0 Å². The zero-order chi connectivity index (χ0) is 19.7. The van der Waals surface area contributed by atoms with Crippen LogP contribution in [0.2, 0.25) is 10.0 Å². The van der Waals surface area contributed by atoms with Crippen LogP contribution in [-0.4, -0.2) is 30.4 Å². The smallest absolute Gasteiger partial charge is 0.303 e. The Morgan fingerprint density at radius 2 is 2.15 bits per heavy atom. The minimum Gasteiger partial charge on any atom is -0.303 e. The van der Waals surface area contributed by atoms with Crippen LogP contribution in [0.25, 0.3) is 0 Å². The van der Waals surface area contributed by atoms with Crippen molar-refractivity contribution in [3.8, 4) is 0 Å². The van der Waals surface area contributed by atoms with Crippen molar-refractivity contribution in [2.24, 2.45) is 7.05 Å². The number of anilines is 1. The first kappa shape index (κ1) is 19.3. The summed E-state index contributed by atoms with van der Waals surface area (Å²) in [7, 11) is 1.44. The van der Waals surface area contributed by atoms with Crippen molar-refractivity contribution in [2.75, 3.05) is 5.32 Å². The third-order valence-electron chi connectivity index (χ3n) is 3.63. The van der Waals surface area contributed by atoms with E-state index in [0.717, 1.165) is 16.4 Å². The Labute approximate surface area is 171 Å². The molecule has 3 rings (SSSR count). The highest BCUT2D eigenvalue weighted by atomic mass is 79.9. The Morgan fingerprint density at radius 1 is 1.41 bits per heavy atom. The van der Waals surface area contributed by atoms with Gasteiger partial charge < -0.3 is 5.32 Å². The number of amides is 1.